The van der Waals surface area contributed by atoms with Gasteiger partial charge in [0.1, 0.15) is 5.75 Å². The van der Waals surface area contributed by atoms with Crippen molar-refractivity contribution in [1.29, 1.82) is 0 Å². The number of guanidine groups is 1. The zero-order chi connectivity index (χ0) is 21.3. The number of nitrogens with zero attached hydrogens (tertiary/aromatic N) is 3. The van der Waals surface area contributed by atoms with Gasteiger partial charge in [0.25, 0.3) is 0 Å². The molecule has 1 aromatic carbocycles. The van der Waals surface area contributed by atoms with Crippen LogP contribution in [0.3, 0.4) is 0 Å². The van der Waals surface area contributed by atoms with E-state index >= 15 is 0 Å². The number of nitrogens with one attached hydrogen (secondary N) is 2. The first-order valence-electron chi connectivity index (χ1n) is 11.3. The van der Waals surface area contributed by atoms with E-state index in [4.69, 9.17) is 9.47 Å². The van der Waals surface area contributed by atoms with E-state index < -0.39 is 0 Å². The Morgan fingerprint density at radius 1 is 1.17 bits per heavy atom. The molecule has 30 heavy (non-hydrogen) atoms. The summed E-state index contributed by atoms with van der Waals surface area (Å²) >= 11 is 0. The average Bonchev–Trinajstić information content (AvgIpc) is 3.31. The van der Waals surface area contributed by atoms with Gasteiger partial charge in [0.05, 0.1) is 26.4 Å². The SMILES string of the molecule is CN=C(NCC(c1ccc(OC)cc1)N1CCCC1)NCC(C)N1CCOCC1C. The van der Waals surface area contributed by atoms with E-state index in [-0.39, 0.29) is 0 Å². The largest absolute Gasteiger partial charge is 0.497 e. The molecule has 7 nitrogen and oxygen atoms in total. The van der Waals surface area contributed by atoms with Gasteiger partial charge in [0, 0.05) is 38.8 Å². The van der Waals surface area contributed by atoms with Crippen LogP contribution in [0, 0.1) is 0 Å². The molecule has 3 rings (SSSR count). The number of likely N-dealkylation sites (tertiary alicyclic amines) is 1. The molecule has 2 saturated heterocycles. The zero-order valence-corrected chi connectivity index (χ0v) is 19.1. The number of rotatable bonds is 8. The standard InChI is InChI=1S/C23H39N5O2/c1-18(28-13-14-30-17-19(28)2)15-25-23(24-3)26-16-22(27-11-5-6-12-27)20-7-9-21(29-4)10-8-20/h7-10,18-19,22H,5-6,11-17H2,1-4H3,(H2,24,25,26). The summed E-state index contributed by atoms with van der Waals surface area (Å²) in [6.07, 6.45) is 2.55. The van der Waals surface area contributed by atoms with Crippen molar-refractivity contribution in [3.8, 4) is 5.75 Å². The third-order valence-corrected chi connectivity index (χ3v) is 6.32. The Bertz CT molecular complexity index is 660. The molecule has 2 aliphatic heterocycles. The molecule has 168 valence electrons. The van der Waals surface area contributed by atoms with Gasteiger partial charge in [0.2, 0.25) is 0 Å². The van der Waals surface area contributed by atoms with Crippen molar-refractivity contribution in [2.45, 2.75) is 44.8 Å². The summed E-state index contributed by atoms with van der Waals surface area (Å²) in [7, 11) is 3.55. The monoisotopic (exact) mass is 417 g/mol. The third kappa shape index (κ3) is 6.09. The van der Waals surface area contributed by atoms with Gasteiger partial charge in [-0.15, -0.1) is 0 Å². The molecular formula is C23H39N5O2. The molecule has 0 radical (unpaired) electrons. The van der Waals surface area contributed by atoms with E-state index in [0.29, 0.717) is 18.1 Å². The molecule has 7 heteroatoms. The molecule has 3 unspecified atom stereocenters. The summed E-state index contributed by atoms with van der Waals surface area (Å²) in [4.78, 5) is 9.53. The molecule has 0 amide bonds. The maximum absolute atomic E-state index is 5.57. The summed E-state index contributed by atoms with van der Waals surface area (Å²) in [5.41, 5.74) is 1.32. The van der Waals surface area contributed by atoms with Crippen LogP contribution in [0.15, 0.2) is 29.3 Å². The number of benzene rings is 1. The molecule has 3 atom stereocenters. The Balaban J connectivity index is 1.56. The van der Waals surface area contributed by atoms with Crippen LogP contribution >= 0.6 is 0 Å². The van der Waals surface area contributed by atoms with Crippen molar-refractivity contribution >= 4 is 5.96 Å². The highest BCUT2D eigenvalue weighted by Gasteiger charge is 2.25. The third-order valence-electron chi connectivity index (χ3n) is 6.32. The van der Waals surface area contributed by atoms with E-state index in [1.807, 2.05) is 7.05 Å². The number of aliphatic imine (C=N–C) groups is 1. The number of ether oxygens (including phenoxy) is 2. The fourth-order valence-corrected chi connectivity index (χ4v) is 4.51. The lowest BCUT2D eigenvalue weighted by Gasteiger charge is -2.38. The Morgan fingerprint density at radius 3 is 2.50 bits per heavy atom. The van der Waals surface area contributed by atoms with Crippen molar-refractivity contribution < 1.29 is 9.47 Å². The lowest BCUT2D eigenvalue weighted by Crippen LogP contribution is -2.53. The predicted molar refractivity (Wildman–Crippen MR) is 122 cm³/mol. The molecule has 0 bridgehead atoms. The molecule has 0 aromatic heterocycles. The highest BCUT2D eigenvalue weighted by molar-refractivity contribution is 5.79. The summed E-state index contributed by atoms with van der Waals surface area (Å²) in [5, 5.41) is 7.09. The minimum absolute atomic E-state index is 0.327. The fourth-order valence-electron chi connectivity index (χ4n) is 4.51. The molecule has 1 aromatic rings. The van der Waals surface area contributed by atoms with E-state index in [1.165, 1.54) is 18.4 Å². The van der Waals surface area contributed by atoms with Gasteiger partial charge in [-0.05, 0) is 57.5 Å². The minimum atomic E-state index is 0.327. The fraction of sp³-hybridized carbons (Fsp3) is 0.696. The van der Waals surface area contributed by atoms with Crippen molar-refractivity contribution in [3.63, 3.8) is 0 Å². The van der Waals surface area contributed by atoms with Crippen LogP contribution in [-0.4, -0.2) is 87.9 Å². The second kappa shape index (κ2) is 11.5. The van der Waals surface area contributed by atoms with Gasteiger partial charge in [-0.25, -0.2) is 0 Å². The second-order valence-electron chi connectivity index (χ2n) is 8.38. The minimum Gasteiger partial charge on any atom is -0.497 e. The molecule has 2 aliphatic rings. The smallest absolute Gasteiger partial charge is 0.191 e. The maximum Gasteiger partial charge on any atom is 0.191 e. The van der Waals surface area contributed by atoms with Crippen LogP contribution in [0.5, 0.6) is 5.75 Å². The zero-order valence-electron chi connectivity index (χ0n) is 19.1. The Kier molecular flexibility index (Phi) is 8.78. The van der Waals surface area contributed by atoms with Crippen LogP contribution in [0.25, 0.3) is 0 Å². The van der Waals surface area contributed by atoms with Crippen molar-refractivity contribution in [2.24, 2.45) is 4.99 Å². The van der Waals surface area contributed by atoms with Crippen LogP contribution in [0.1, 0.15) is 38.3 Å². The molecule has 0 saturated carbocycles. The lowest BCUT2D eigenvalue weighted by atomic mass is 10.1. The predicted octanol–water partition coefficient (Wildman–Crippen LogP) is 2.11. The number of methoxy groups -OCH3 is 1. The normalized spacial score (nSPS) is 23.2. The van der Waals surface area contributed by atoms with Crippen LogP contribution in [0.4, 0.5) is 0 Å². The maximum atomic E-state index is 5.57. The Morgan fingerprint density at radius 2 is 1.87 bits per heavy atom. The lowest BCUT2D eigenvalue weighted by molar-refractivity contribution is -0.0174. The first-order valence-corrected chi connectivity index (χ1v) is 11.3. The van der Waals surface area contributed by atoms with Crippen molar-refractivity contribution in [1.82, 2.24) is 20.4 Å². The highest BCUT2D eigenvalue weighted by Crippen LogP contribution is 2.26. The molecule has 0 aliphatic carbocycles. The van der Waals surface area contributed by atoms with Crippen molar-refractivity contribution in [3.05, 3.63) is 29.8 Å². The van der Waals surface area contributed by atoms with Gasteiger partial charge in [-0.1, -0.05) is 12.1 Å². The van der Waals surface area contributed by atoms with E-state index in [9.17, 15) is 0 Å². The van der Waals surface area contributed by atoms with Crippen molar-refractivity contribution in [2.75, 3.05) is 60.1 Å². The van der Waals surface area contributed by atoms with Crippen LogP contribution in [0.2, 0.25) is 0 Å². The van der Waals surface area contributed by atoms with E-state index in [2.05, 4.69) is 63.5 Å². The molecule has 2 fully saturated rings. The number of hydrogen-bond donors (Lipinski definition) is 2. The number of hydrogen-bond acceptors (Lipinski definition) is 5. The van der Waals surface area contributed by atoms with Crippen LogP contribution in [-0.2, 0) is 4.74 Å². The Hall–Kier alpha value is -1.83. The van der Waals surface area contributed by atoms with Gasteiger partial charge in [-0.3, -0.25) is 14.8 Å². The molecular weight excluding hydrogens is 378 g/mol. The molecule has 2 N–H and O–H groups in total. The summed E-state index contributed by atoms with van der Waals surface area (Å²) in [6, 6.07) is 9.68. The number of morpholine rings is 1. The first-order chi connectivity index (χ1) is 14.6. The first kappa shape index (κ1) is 22.8. The van der Waals surface area contributed by atoms with E-state index in [1.54, 1.807) is 7.11 Å². The van der Waals surface area contributed by atoms with E-state index in [0.717, 1.165) is 57.6 Å². The summed E-state index contributed by atoms with van der Waals surface area (Å²) in [5.74, 6) is 1.76. The van der Waals surface area contributed by atoms with Gasteiger partial charge in [0.15, 0.2) is 5.96 Å². The molecule has 0 spiro atoms. The van der Waals surface area contributed by atoms with Crippen LogP contribution < -0.4 is 15.4 Å². The second-order valence-corrected chi connectivity index (χ2v) is 8.38. The van der Waals surface area contributed by atoms with Gasteiger partial charge < -0.3 is 20.1 Å². The molecule has 2 heterocycles. The van der Waals surface area contributed by atoms with Gasteiger partial charge >= 0.3 is 0 Å². The highest BCUT2D eigenvalue weighted by atomic mass is 16.5. The van der Waals surface area contributed by atoms with Gasteiger partial charge in [-0.2, -0.15) is 0 Å². The quantitative estimate of drug-likeness (QED) is 0.499. The summed E-state index contributed by atoms with van der Waals surface area (Å²) < 4.78 is 10.9. The average molecular weight is 418 g/mol. The summed E-state index contributed by atoms with van der Waals surface area (Å²) in [6.45, 7) is 11.1. The topological polar surface area (TPSA) is 61.4 Å². The Labute approximate surface area is 181 Å².